The summed E-state index contributed by atoms with van der Waals surface area (Å²) in [6.07, 6.45) is 7.51. The van der Waals surface area contributed by atoms with E-state index in [1.54, 1.807) is 31.6 Å². The van der Waals surface area contributed by atoms with E-state index in [9.17, 15) is 4.79 Å². The van der Waals surface area contributed by atoms with Gasteiger partial charge in [-0.1, -0.05) is 36.4 Å². The topological polar surface area (TPSA) is 51.2 Å². The Balaban J connectivity index is 1.69. The lowest BCUT2D eigenvalue weighted by atomic mass is 10.1. The van der Waals surface area contributed by atoms with Crippen molar-refractivity contribution in [3.8, 4) is 5.75 Å². The summed E-state index contributed by atoms with van der Waals surface area (Å²) < 4.78 is 5.25. The summed E-state index contributed by atoms with van der Waals surface area (Å²) in [6, 6.07) is 18.6. The quantitative estimate of drug-likeness (QED) is 0.748. The zero-order valence-electron chi connectivity index (χ0n) is 13.8. The van der Waals surface area contributed by atoms with Crippen LogP contribution in [0, 0.1) is 0 Å². The molecule has 0 unspecified atom stereocenters. The SMILES string of the molecule is COc1ccccc1NC(=O)c1ccc(/C=C/c2ccncc2)cc1. The summed E-state index contributed by atoms with van der Waals surface area (Å²) in [4.78, 5) is 16.4. The standard InChI is InChI=1S/C21H18N2O2/c1-25-20-5-3-2-4-19(20)23-21(24)18-10-8-16(9-11-18)6-7-17-12-14-22-15-13-17/h2-15H,1H3,(H,23,24)/b7-6+. The van der Waals surface area contributed by atoms with Gasteiger partial charge in [0.15, 0.2) is 0 Å². The first-order valence-corrected chi connectivity index (χ1v) is 7.89. The number of amides is 1. The van der Waals surface area contributed by atoms with Crippen molar-refractivity contribution in [2.24, 2.45) is 0 Å². The van der Waals surface area contributed by atoms with Gasteiger partial charge in [0, 0.05) is 18.0 Å². The number of benzene rings is 2. The third-order valence-electron chi connectivity index (χ3n) is 3.70. The minimum absolute atomic E-state index is 0.172. The highest BCUT2D eigenvalue weighted by molar-refractivity contribution is 6.05. The molecule has 0 aliphatic rings. The molecule has 0 aliphatic heterocycles. The van der Waals surface area contributed by atoms with Crippen molar-refractivity contribution in [2.45, 2.75) is 0 Å². The maximum atomic E-state index is 12.4. The van der Waals surface area contributed by atoms with Gasteiger partial charge in [0.2, 0.25) is 0 Å². The number of ether oxygens (including phenoxy) is 1. The Morgan fingerprint density at radius 1 is 0.920 bits per heavy atom. The summed E-state index contributed by atoms with van der Waals surface area (Å²) >= 11 is 0. The van der Waals surface area contributed by atoms with Crippen LogP contribution in [0.4, 0.5) is 5.69 Å². The molecule has 3 aromatic rings. The van der Waals surface area contributed by atoms with Crippen LogP contribution < -0.4 is 10.1 Å². The molecule has 0 fully saturated rings. The van der Waals surface area contributed by atoms with Gasteiger partial charge >= 0.3 is 0 Å². The van der Waals surface area contributed by atoms with Crippen LogP contribution in [0.15, 0.2) is 73.1 Å². The minimum atomic E-state index is -0.172. The fourth-order valence-electron chi connectivity index (χ4n) is 2.36. The first kappa shape index (κ1) is 16.5. The molecular weight excluding hydrogens is 312 g/mol. The van der Waals surface area contributed by atoms with E-state index in [-0.39, 0.29) is 5.91 Å². The molecule has 124 valence electrons. The predicted octanol–water partition coefficient (Wildman–Crippen LogP) is 4.51. The van der Waals surface area contributed by atoms with E-state index in [1.807, 2.05) is 60.7 Å². The zero-order chi connectivity index (χ0) is 17.5. The fraction of sp³-hybridized carbons (Fsp3) is 0.0476. The highest BCUT2D eigenvalue weighted by Crippen LogP contribution is 2.23. The van der Waals surface area contributed by atoms with Crippen molar-refractivity contribution in [2.75, 3.05) is 12.4 Å². The van der Waals surface area contributed by atoms with Gasteiger partial charge < -0.3 is 10.1 Å². The molecule has 0 atom stereocenters. The summed E-state index contributed by atoms with van der Waals surface area (Å²) in [6.45, 7) is 0. The van der Waals surface area contributed by atoms with Gasteiger partial charge in [-0.2, -0.15) is 0 Å². The number of rotatable bonds is 5. The molecule has 2 aromatic carbocycles. The Hall–Kier alpha value is -3.40. The van der Waals surface area contributed by atoms with Crippen molar-refractivity contribution in [1.29, 1.82) is 0 Å². The Labute approximate surface area is 146 Å². The molecule has 0 saturated heterocycles. The number of anilines is 1. The lowest BCUT2D eigenvalue weighted by molar-refractivity contribution is 0.102. The number of hydrogen-bond acceptors (Lipinski definition) is 3. The van der Waals surface area contributed by atoms with Crippen molar-refractivity contribution in [3.05, 3.63) is 89.7 Å². The molecule has 0 saturated carbocycles. The third-order valence-corrected chi connectivity index (χ3v) is 3.70. The molecule has 1 aromatic heterocycles. The lowest BCUT2D eigenvalue weighted by Gasteiger charge is -2.09. The monoisotopic (exact) mass is 330 g/mol. The van der Waals surface area contributed by atoms with E-state index in [1.165, 1.54) is 0 Å². The molecule has 0 aliphatic carbocycles. The van der Waals surface area contributed by atoms with Crippen LogP contribution in [0.5, 0.6) is 5.75 Å². The number of carbonyl (C=O) groups excluding carboxylic acids is 1. The maximum absolute atomic E-state index is 12.4. The summed E-state index contributed by atoms with van der Waals surface area (Å²) in [5.41, 5.74) is 3.34. The van der Waals surface area contributed by atoms with E-state index in [0.29, 0.717) is 17.0 Å². The molecule has 0 spiro atoms. The van der Waals surface area contributed by atoms with Gasteiger partial charge in [0.25, 0.3) is 5.91 Å². The van der Waals surface area contributed by atoms with Gasteiger partial charge in [0.05, 0.1) is 12.8 Å². The van der Waals surface area contributed by atoms with Crippen molar-refractivity contribution >= 4 is 23.7 Å². The van der Waals surface area contributed by atoms with E-state index >= 15 is 0 Å². The number of carbonyl (C=O) groups is 1. The minimum Gasteiger partial charge on any atom is -0.495 e. The maximum Gasteiger partial charge on any atom is 0.255 e. The van der Waals surface area contributed by atoms with Gasteiger partial charge in [-0.05, 0) is 47.5 Å². The van der Waals surface area contributed by atoms with Crippen molar-refractivity contribution < 1.29 is 9.53 Å². The number of nitrogens with zero attached hydrogens (tertiary/aromatic N) is 1. The first-order valence-electron chi connectivity index (χ1n) is 7.89. The molecular formula is C21H18N2O2. The Kier molecular flexibility index (Phi) is 5.22. The van der Waals surface area contributed by atoms with Crippen LogP contribution in [0.1, 0.15) is 21.5 Å². The van der Waals surface area contributed by atoms with Gasteiger partial charge in [0.1, 0.15) is 5.75 Å². The highest BCUT2D eigenvalue weighted by Gasteiger charge is 2.08. The van der Waals surface area contributed by atoms with Gasteiger partial charge in [-0.3, -0.25) is 9.78 Å². The number of pyridine rings is 1. The Bertz CT molecular complexity index is 872. The summed E-state index contributed by atoms with van der Waals surface area (Å²) in [5.74, 6) is 0.460. The van der Waals surface area contributed by atoms with E-state index in [2.05, 4.69) is 10.3 Å². The van der Waals surface area contributed by atoms with Crippen molar-refractivity contribution in [1.82, 2.24) is 4.98 Å². The second-order valence-electron chi connectivity index (χ2n) is 5.39. The van der Waals surface area contributed by atoms with Crippen LogP contribution >= 0.6 is 0 Å². The van der Waals surface area contributed by atoms with Crippen LogP contribution in [0.2, 0.25) is 0 Å². The second-order valence-corrected chi connectivity index (χ2v) is 5.39. The van der Waals surface area contributed by atoms with Crippen LogP contribution in [0.3, 0.4) is 0 Å². The first-order chi connectivity index (χ1) is 12.3. The lowest BCUT2D eigenvalue weighted by Crippen LogP contribution is -2.12. The summed E-state index contributed by atoms with van der Waals surface area (Å²) in [7, 11) is 1.58. The van der Waals surface area contributed by atoms with E-state index < -0.39 is 0 Å². The largest absolute Gasteiger partial charge is 0.495 e. The molecule has 1 N–H and O–H groups in total. The van der Waals surface area contributed by atoms with Crippen molar-refractivity contribution in [3.63, 3.8) is 0 Å². The smallest absolute Gasteiger partial charge is 0.255 e. The molecule has 25 heavy (non-hydrogen) atoms. The van der Waals surface area contributed by atoms with Crippen LogP contribution in [-0.4, -0.2) is 18.0 Å². The van der Waals surface area contributed by atoms with Gasteiger partial charge in [-0.25, -0.2) is 0 Å². The molecule has 4 nitrogen and oxygen atoms in total. The number of para-hydroxylation sites is 2. The van der Waals surface area contributed by atoms with E-state index in [0.717, 1.165) is 11.1 Å². The molecule has 1 amide bonds. The zero-order valence-corrected chi connectivity index (χ0v) is 13.8. The number of aromatic nitrogens is 1. The van der Waals surface area contributed by atoms with Crippen LogP contribution in [0.25, 0.3) is 12.2 Å². The average molecular weight is 330 g/mol. The fourth-order valence-corrected chi connectivity index (χ4v) is 2.36. The molecule has 3 rings (SSSR count). The van der Waals surface area contributed by atoms with E-state index in [4.69, 9.17) is 4.74 Å². The molecule has 1 heterocycles. The average Bonchev–Trinajstić information content (AvgIpc) is 2.68. The highest BCUT2D eigenvalue weighted by atomic mass is 16.5. The number of nitrogens with one attached hydrogen (secondary N) is 1. The molecule has 4 heteroatoms. The number of hydrogen-bond donors (Lipinski definition) is 1. The normalized spacial score (nSPS) is 10.6. The molecule has 0 bridgehead atoms. The number of methoxy groups -OCH3 is 1. The third kappa shape index (κ3) is 4.32. The van der Waals surface area contributed by atoms with Gasteiger partial charge in [-0.15, -0.1) is 0 Å². The summed E-state index contributed by atoms with van der Waals surface area (Å²) in [5, 5.41) is 2.87. The Morgan fingerprint density at radius 2 is 1.56 bits per heavy atom. The van der Waals surface area contributed by atoms with Crippen LogP contribution in [-0.2, 0) is 0 Å². The second kappa shape index (κ2) is 7.93. The molecule has 0 radical (unpaired) electrons. The predicted molar refractivity (Wildman–Crippen MR) is 101 cm³/mol. The Morgan fingerprint density at radius 3 is 2.24 bits per heavy atom.